The number of nitrogens with zero attached hydrogens (tertiary/aromatic N) is 1. The molecule has 1 fully saturated rings. The summed E-state index contributed by atoms with van der Waals surface area (Å²) in [4.78, 5) is 0. The first-order valence-electron chi connectivity index (χ1n) is 8.37. The lowest BCUT2D eigenvalue weighted by Gasteiger charge is -2.35. The van der Waals surface area contributed by atoms with Gasteiger partial charge in [-0.05, 0) is 50.5 Å². The van der Waals surface area contributed by atoms with Gasteiger partial charge in [0.25, 0.3) is 0 Å². The Hall–Kier alpha value is -0.130. The van der Waals surface area contributed by atoms with Crippen LogP contribution in [0.2, 0.25) is 0 Å². The highest BCUT2D eigenvalue weighted by Gasteiger charge is 2.30. The van der Waals surface area contributed by atoms with Crippen LogP contribution in [0.1, 0.15) is 60.3 Å². The molecule has 21 heavy (non-hydrogen) atoms. The first-order chi connectivity index (χ1) is 9.65. The summed E-state index contributed by atoms with van der Waals surface area (Å²) in [6, 6.07) is 0.490. The summed E-state index contributed by atoms with van der Waals surface area (Å²) in [5.74, 6) is 0.885. The molecule has 1 aliphatic heterocycles. The molecule has 0 aromatic heterocycles. The van der Waals surface area contributed by atoms with Gasteiger partial charge < -0.3 is 5.32 Å². The molecular formula is C16H34N2O2S. The van der Waals surface area contributed by atoms with Gasteiger partial charge in [0.15, 0.2) is 0 Å². The third-order valence-corrected chi connectivity index (χ3v) is 6.30. The Kier molecular flexibility index (Phi) is 7.14. The summed E-state index contributed by atoms with van der Waals surface area (Å²) >= 11 is 0. The molecule has 1 aliphatic rings. The second-order valence-electron chi connectivity index (χ2n) is 7.61. The molecular weight excluding hydrogens is 284 g/mol. The lowest BCUT2D eigenvalue weighted by molar-refractivity contribution is 0.230. The quantitative estimate of drug-likeness (QED) is 0.785. The smallest absolute Gasteiger partial charge is 0.214 e. The normalized spacial score (nSPS) is 20.6. The van der Waals surface area contributed by atoms with Crippen LogP contribution in [0.4, 0.5) is 0 Å². The molecule has 0 aliphatic carbocycles. The minimum atomic E-state index is -3.07. The molecule has 0 bridgehead atoms. The van der Waals surface area contributed by atoms with Gasteiger partial charge in [-0.25, -0.2) is 12.7 Å². The molecule has 1 saturated heterocycles. The maximum atomic E-state index is 12.4. The van der Waals surface area contributed by atoms with E-state index in [-0.39, 0.29) is 11.2 Å². The Morgan fingerprint density at radius 2 is 1.81 bits per heavy atom. The van der Waals surface area contributed by atoms with Crippen molar-refractivity contribution in [3.05, 3.63) is 0 Å². The fourth-order valence-electron chi connectivity index (χ4n) is 2.76. The van der Waals surface area contributed by atoms with Crippen LogP contribution < -0.4 is 5.32 Å². The van der Waals surface area contributed by atoms with Gasteiger partial charge in [-0.15, -0.1) is 0 Å². The Bertz CT molecular complexity index is 393. The van der Waals surface area contributed by atoms with E-state index in [9.17, 15) is 8.42 Å². The maximum absolute atomic E-state index is 12.4. The van der Waals surface area contributed by atoms with Gasteiger partial charge in [-0.1, -0.05) is 27.7 Å². The van der Waals surface area contributed by atoms with Crippen LogP contribution in [0.5, 0.6) is 0 Å². The van der Waals surface area contributed by atoms with E-state index < -0.39 is 10.0 Å². The minimum absolute atomic E-state index is 0.0734. The molecule has 1 atom stereocenters. The van der Waals surface area contributed by atoms with Crippen molar-refractivity contribution >= 4 is 10.0 Å². The molecule has 0 amide bonds. The van der Waals surface area contributed by atoms with Crippen molar-refractivity contribution in [2.45, 2.75) is 66.3 Å². The van der Waals surface area contributed by atoms with E-state index in [0.717, 1.165) is 32.2 Å². The summed E-state index contributed by atoms with van der Waals surface area (Å²) < 4.78 is 26.5. The zero-order valence-electron chi connectivity index (χ0n) is 14.5. The van der Waals surface area contributed by atoms with Crippen molar-refractivity contribution in [2.24, 2.45) is 11.3 Å². The van der Waals surface area contributed by atoms with Gasteiger partial charge in [0, 0.05) is 19.1 Å². The molecule has 5 heteroatoms. The lowest BCUT2D eigenvalue weighted by Crippen LogP contribution is -2.45. The van der Waals surface area contributed by atoms with Crippen LogP contribution >= 0.6 is 0 Å². The van der Waals surface area contributed by atoms with Crippen molar-refractivity contribution in [3.8, 4) is 0 Å². The van der Waals surface area contributed by atoms with E-state index in [2.05, 4.69) is 39.9 Å². The molecule has 0 radical (unpaired) electrons. The van der Waals surface area contributed by atoms with Gasteiger partial charge in [0.05, 0.1) is 5.75 Å². The summed E-state index contributed by atoms with van der Waals surface area (Å²) in [6.07, 6.45) is 3.83. The third kappa shape index (κ3) is 6.66. The predicted molar refractivity (Wildman–Crippen MR) is 89.9 cm³/mol. The third-order valence-electron chi connectivity index (χ3n) is 4.43. The van der Waals surface area contributed by atoms with Crippen LogP contribution in [0.3, 0.4) is 0 Å². The van der Waals surface area contributed by atoms with Crippen LogP contribution in [0, 0.1) is 11.3 Å². The summed E-state index contributed by atoms with van der Waals surface area (Å²) in [7, 11) is -3.07. The molecule has 0 saturated carbocycles. The van der Waals surface area contributed by atoms with E-state index in [0.29, 0.717) is 25.0 Å². The molecule has 0 aromatic rings. The fraction of sp³-hybridized carbons (Fsp3) is 1.00. The summed E-state index contributed by atoms with van der Waals surface area (Å²) in [5.41, 5.74) is 0.0734. The monoisotopic (exact) mass is 318 g/mol. The first-order valence-corrected chi connectivity index (χ1v) is 9.98. The Morgan fingerprint density at radius 3 is 2.29 bits per heavy atom. The van der Waals surface area contributed by atoms with E-state index >= 15 is 0 Å². The molecule has 126 valence electrons. The molecule has 4 nitrogen and oxygen atoms in total. The Balaban J connectivity index is 2.44. The second-order valence-corrected chi connectivity index (χ2v) is 9.69. The Morgan fingerprint density at radius 1 is 1.24 bits per heavy atom. The largest absolute Gasteiger partial charge is 0.314 e. The molecule has 1 rings (SSSR count). The highest BCUT2D eigenvalue weighted by molar-refractivity contribution is 7.89. The number of hydrogen-bond acceptors (Lipinski definition) is 3. The summed E-state index contributed by atoms with van der Waals surface area (Å²) in [6.45, 7) is 13.1. The van der Waals surface area contributed by atoms with Crippen molar-refractivity contribution in [1.29, 1.82) is 0 Å². The van der Waals surface area contributed by atoms with Crippen molar-refractivity contribution in [1.82, 2.24) is 9.62 Å². The average Bonchev–Trinajstić information content (AvgIpc) is 2.42. The van der Waals surface area contributed by atoms with Crippen molar-refractivity contribution < 1.29 is 8.42 Å². The van der Waals surface area contributed by atoms with Crippen LogP contribution in [-0.4, -0.2) is 44.2 Å². The van der Waals surface area contributed by atoms with Gasteiger partial charge in [0.1, 0.15) is 0 Å². The molecule has 0 spiro atoms. The van der Waals surface area contributed by atoms with Gasteiger partial charge in [-0.2, -0.15) is 0 Å². The van der Waals surface area contributed by atoms with E-state index in [1.54, 1.807) is 4.31 Å². The predicted octanol–water partition coefficient (Wildman–Crippen LogP) is 2.85. The van der Waals surface area contributed by atoms with Gasteiger partial charge in [-0.3, -0.25) is 0 Å². The highest BCUT2D eigenvalue weighted by Crippen LogP contribution is 2.25. The van der Waals surface area contributed by atoms with Gasteiger partial charge >= 0.3 is 0 Å². The number of piperidine rings is 1. The zero-order chi connectivity index (χ0) is 16.1. The summed E-state index contributed by atoms with van der Waals surface area (Å²) in [5, 5.41) is 3.53. The van der Waals surface area contributed by atoms with Crippen molar-refractivity contribution in [3.63, 3.8) is 0 Å². The number of nitrogens with one attached hydrogen (secondary N) is 1. The topological polar surface area (TPSA) is 49.4 Å². The number of hydrogen-bond donors (Lipinski definition) is 1. The van der Waals surface area contributed by atoms with Gasteiger partial charge in [0.2, 0.25) is 10.0 Å². The lowest BCUT2D eigenvalue weighted by atomic mass is 9.91. The van der Waals surface area contributed by atoms with Crippen LogP contribution in [0.25, 0.3) is 0 Å². The maximum Gasteiger partial charge on any atom is 0.214 e. The zero-order valence-corrected chi connectivity index (χ0v) is 15.3. The first kappa shape index (κ1) is 18.9. The van der Waals surface area contributed by atoms with E-state index in [1.807, 2.05) is 0 Å². The average molecular weight is 319 g/mol. The van der Waals surface area contributed by atoms with E-state index in [4.69, 9.17) is 0 Å². The van der Waals surface area contributed by atoms with Crippen LogP contribution in [-0.2, 0) is 10.0 Å². The number of rotatable bonds is 7. The molecule has 1 unspecified atom stereocenters. The highest BCUT2D eigenvalue weighted by atomic mass is 32.2. The van der Waals surface area contributed by atoms with E-state index in [1.165, 1.54) is 0 Å². The fourth-order valence-corrected chi connectivity index (χ4v) is 4.65. The SMILES string of the molecule is CCCNC(C)C1CCN(S(=O)(=O)CCC(C)(C)C)CC1. The molecule has 1 heterocycles. The Labute approximate surface area is 131 Å². The number of sulfonamides is 1. The minimum Gasteiger partial charge on any atom is -0.314 e. The van der Waals surface area contributed by atoms with Crippen LogP contribution in [0.15, 0.2) is 0 Å². The molecule has 0 aromatic carbocycles. The molecule has 1 N–H and O–H groups in total. The van der Waals surface area contributed by atoms with Crippen molar-refractivity contribution in [2.75, 3.05) is 25.4 Å². The second kappa shape index (κ2) is 7.93. The standard InChI is InChI=1S/C16H34N2O2S/c1-6-10-17-14(2)15-7-11-18(12-8-15)21(19,20)13-9-16(3,4)5/h14-15,17H,6-13H2,1-5H3.